The average molecular weight is 565 g/mol. The minimum Gasteiger partial charge on any atom is -0.312 e. The number of unbranched alkanes of at least 4 members (excludes halogenated alkanes) is 2. The van der Waals surface area contributed by atoms with Gasteiger partial charge in [-0.3, -0.25) is 4.79 Å². The normalized spacial score (nSPS) is 12.9. The van der Waals surface area contributed by atoms with Gasteiger partial charge in [0.05, 0.1) is 20.0 Å². The molecular weight excluding hydrogens is 532 g/mol. The molecule has 0 atom stereocenters. The first kappa shape index (κ1) is 28.9. The van der Waals surface area contributed by atoms with Crippen LogP contribution in [0.15, 0.2) is 69.9 Å². The van der Waals surface area contributed by atoms with Gasteiger partial charge in [0.15, 0.2) is 4.80 Å². The first-order chi connectivity index (χ1) is 17.5. The molecule has 9 nitrogen and oxygen atoms in total. The summed E-state index contributed by atoms with van der Waals surface area (Å²) in [6, 6.07) is 10.2. The summed E-state index contributed by atoms with van der Waals surface area (Å²) in [5.41, 5.74) is 0.921. The predicted molar refractivity (Wildman–Crippen MR) is 146 cm³/mol. The van der Waals surface area contributed by atoms with Crippen molar-refractivity contribution in [2.75, 3.05) is 13.1 Å². The van der Waals surface area contributed by atoms with Crippen LogP contribution in [0.2, 0.25) is 0 Å². The van der Waals surface area contributed by atoms with Gasteiger partial charge < -0.3 is 4.57 Å². The number of primary sulfonamides is 1. The summed E-state index contributed by atoms with van der Waals surface area (Å²) in [5, 5.41) is 5.25. The van der Waals surface area contributed by atoms with E-state index in [2.05, 4.69) is 11.6 Å². The molecule has 1 amide bonds. The second-order valence-electron chi connectivity index (χ2n) is 8.51. The molecule has 0 fully saturated rings. The number of amides is 1. The molecule has 0 unspecified atom stereocenters. The van der Waals surface area contributed by atoms with Gasteiger partial charge in [-0.15, -0.1) is 6.58 Å². The van der Waals surface area contributed by atoms with E-state index in [0.717, 1.165) is 37.0 Å². The highest BCUT2D eigenvalue weighted by molar-refractivity contribution is 7.89. The van der Waals surface area contributed by atoms with Gasteiger partial charge in [0.1, 0.15) is 0 Å². The van der Waals surface area contributed by atoms with Crippen LogP contribution in [0.1, 0.15) is 49.9 Å². The van der Waals surface area contributed by atoms with Crippen molar-refractivity contribution in [3.63, 3.8) is 0 Å². The Kier molecular flexibility index (Phi) is 9.59. The maximum Gasteiger partial charge on any atom is 0.279 e. The van der Waals surface area contributed by atoms with E-state index in [4.69, 9.17) is 5.14 Å². The number of aromatic nitrogens is 1. The lowest BCUT2D eigenvalue weighted by Crippen LogP contribution is -2.33. The third-order valence-corrected chi connectivity index (χ3v) is 9.62. The Morgan fingerprint density at radius 3 is 2.16 bits per heavy atom. The van der Waals surface area contributed by atoms with Gasteiger partial charge in [-0.2, -0.15) is 9.30 Å². The fourth-order valence-corrected chi connectivity index (χ4v) is 6.92. The van der Waals surface area contributed by atoms with Gasteiger partial charge in [0.2, 0.25) is 20.0 Å². The molecule has 0 bridgehead atoms. The van der Waals surface area contributed by atoms with E-state index in [1.54, 1.807) is 16.7 Å². The number of nitrogens with two attached hydrogens (primary N) is 1. The Hall–Kier alpha value is -2.64. The number of fused-ring (bicyclic) bond motifs is 1. The monoisotopic (exact) mass is 564 g/mol. The Bertz CT molecular complexity index is 1550. The third kappa shape index (κ3) is 6.82. The Morgan fingerprint density at radius 1 is 1.03 bits per heavy atom. The smallest absolute Gasteiger partial charge is 0.279 e. The number of hydrogen-bond acceptors (Lipinski definition) is 6. The van der Waals surface area contributed by atoms with Crippen LogP contribution >= 0.6 is 11.3 Å². The van der Waals surface area contributed by atoms with Crippen molar-refractivity contribution in [3.8, 4) is 0 Å². The van der Waals surface area contributed by atoms with Gasteiger partial charge >= 0.3 is 0 Å². The van der Waals surface area contributed by atoms with Crippen LogP contribution in [-0.2, 0) is 26.6 Å². The number of carbonyl (C=O) groups excluding carboxylic acids is 1. The number of benzene rings is 2. The van der Waals surface area contributed by atoms with Crippen LogP contribution in [0.25, 0.3) is 10.2 Å². The molecule has 1 aromatic heterocycles. The SMILES string of the molecule is C=CCn1c(=NC(=O)c2ccc(S(=O)(=O)N(CCCC)CCCC)cc2)sc2cc(S(N)(=O)=O)ccc21. The van der Waals surface area contributed by atoms with Crippen LogP contribution in [0.3, 0.4) is 0 Å². The van der Waals surface area contributed by atoms with E-state index in [9.17, 15) is 21.6 Å². The Labute approximate surface area is 222 Å². The minimum absolute atomic E-state index is 0.0337. The van der Waals surface area contributed by atoms with Crippen molar-refractivity contribution in [2.45, 2.75) is 55.9 Å². The second kappa shape index (κ2) is 12.3. The lowest BCUT2D eigenvalue weighted by molar-refractivity contribution is 0.0997. The number of rotatable bonds is 12. The molecule has 0 saturated heterocycles. The van der Waals surface area contributed by atoms with E-state index < -0.39 is 26.0 Å². The number of sulfonamides is 2. The topological polar surface area (TPSA) is 132 Å². The fraction of sp³-hybridized carbons (Fsp3) is 0.360. The van der Waals surface area contributed by atoms with Crippen molar-refractivity contribution in [3.05, 3.63) is 65.5 Å². The van der Waals surface area contributed by atoms with Gasteiger partial charge in [0, 0.05) is 25.2 Å². The third-order valence-electron chi connectivity index (χ3n) is 5.75. The Morgan fingerprint density at radius 2 is 1.62 bits per heavy atom. The van der Waals surface area contributed by atoms with Crippen molar-refractivity contribution >= 4 is 47.5 Å². The summed E-state index contributed by atoms with van der Waals surface area (Å²) in [4.78, 5) is 17.7. The van der Waals surface area contributed by atoms with Crippen LogP contribution in [-0.4, -0.2) is 44.7 Å². The zero-order valence-electron chi connectivity index (χ0n) is 21.0. The predicted octanol–water partition coefficient (Wildman–Crippen LogP) is 3.87. The van der Waals surface area contributed by atoms with Crippen molar-refractivity contribution in [1.29, 1.82) is 0 Å². The van der Waals surface area contributed by atoms with E-state index in [0.29, 0.717) is 34.7 Å². The number of carbonyl (C=O) groups is 1. The molecule has 0 aliphatic rings. The first-order valence-electron chi connectivity index (χ1n) is 12.0. The number of hydrogen-bond donors (Lipinski definition) is 1. The molecule has 3 rings (SSSR count). The molecule has 12 heteroatoms. The minimum atomic E-state index is -3.88. The molecule has 0 aliphatic carbocycles. The molecule has 37 heavy (non-hydrogen) atoms. The van der Waals surface area contributed by atoms with Crippen LogP contribution < -0.4 is 9.94 Å². The number of allylic oxidation sites excluding steroid dienone is 1. The van der Waals surface area contributed by atoms with Crippen molar-refractivity contribution in [1.82, 2.24) is 8.87 Å². The zero-order chi connectivity index (χ0) is 27.2. The second-order valence-corrected chi connectivity index (χ2v) is 13.0. The van der Waals surface area contributed by atoms with E-state index in [-0.39, 0.29) is 15.4 Å². The number of thiazole rings is 1. The molecule has 2 aromatic carbocycles. The van der Waals surface area contributed by atoms with Crippen LogP contribution in [0.5, 0.6) is 0 Å². The van der Waals surface area contributed by atoms with E-state index >= 15 is 0 Å². The fourth-order valence-electron chi connectivity index (χ4n) is 3.71. The van der Waals surface area contributed by atoms with E-state index in [1.807, 2.05) is 13.8 Å². The lowest BCUT2D eigenvalue weighted by atomic mass is 10.2. The van der Waals surface area contributed by atoms with Gasteiger partial charge in [0.25, 0.3) is 5.91 Å². The lowest BCUT2D eigenvalue weighted by Gasteiger charge is -2.22. The summed E-state index contributed by atoms with van der Waals surface area (Å²) < 4.78 is 53.7. The maximum atomic E-state index is 13.2. The first-order valence-corrected chi connectivity index (χ1v) is 15.8. The van der Waals surface area contributed by atoms with Crippen LogP contribution in [0.4, 0.5) is 0 Å². The molecule has 3 aromatic rings. The van der Waals surface area contributed by atoms with Gasteiger partial charge in [-0.25, -0.2) is 22.0 Å². The summed E-state index contributed by atoms with van der Waals surface area (Å²) in [7, 11) is -7.56. The summed E-state index contributed by atoms with van der Waals surface area (Å²) in [5.74, 6) is -0.547. The molecular formula is C25H32N4O5S3. The van der Waals surface area contributed by atoms with Gasteiger partial charge in [-0.05, 0) is 55.3 Å². The quantitative estimate of drug-likeness (QED) is 0.334. The molecule has 0 radical (unpaired) electrons. The van der Waals surface area contributed by atoms with Crippen molar-refractivity contribution < 1.29 is 21.6 Å². The van der Waals surface area contributed by atoms with Gasteiger partial charge in [-0.1, -0.05) is 44.1 Å². The Balaban J connectivity index is 1.96. The summed E-state index contributed by atoms with van der Waals surface area (Å²) in [6.07, 6.45) is 4.97. The molecule has 0 spiro atoms. The summed E-state index contributed by atoms with van der Waals surface area (Å²) in [6.45, 7) is 9.04. The molecule has 2 N–H and O–H groups in total. The molecule has 200 valence electrons. The average Bonchev–Trinajstić information content (AvgIpc) is 3.19. The standard InChI is InChI=1S/C25H32N4O5S3/c1-4-7-16-28(17-8-5-2)37(33,34)20-11-9-19(10-12-20)24(30)27-25-29(15-6-3)22-14-13-21(36(26,31)32)18-23(22)35-25/h6,9-14,18H,3-5,7-8,15-17H2,1-2H3,(H2,26,31,32). The van der Waals surface area contributed by atoms with E-state index in [1.165, 1.54) is 40.7 Å². The molecule has 0 saturated carbocycles. The highest BCUT2D eigenvalue weighted by Crippen LogP contribution is 2.22. The van der Waals surface area contributed by atoms with Crippen molar-refractivity contribution in [2.24, 2.45) is 10.1 Å². The maximum absolute atomic E-state index is 13.2. The van der Waals surface area contributed by atoms with Crippen LogP contribution in [0, 0.1) is 0 Å². The highest BCUT2D eigenvalue weighted by Gasteiger charge is 2.24. The number of nitrogens with zero attached hydrogens (tertiary/aromatic N) is 3. The molecule has 0 aliphatic heterocycles. The molecule has 1 heterocycles. The summed E-state index contributed by atoms with van der Waals surface area (Å²) >= 11 is 1.15. The zero-order valence-corrected chi connectivity index (χ0v) is 23.4. The largest absolute Gasteiger partial charge is 0.312 e. The highest BCUT2D eigenvalue weighted by atomic mass is 32.2.